The average molecular weight is 277 g/mol. The number of nitrogens with one attached hydrogen (secondary N) is 1. The molecule has 112 valence electrons. The van der Waals surface area contributed by atoms with Gasteiger partial charge in [0.25, 0.3) is 0 Å². The van der Waals surface area contributed by atoms with Crippen molar-refractivity contribution in [2.75, 3.05) is 38.6 Å². The summed E-state index contributed by atoms with van der Waals surface area (Å²) in [6.45, 7) is 9.17. The summed E-state index contributed by atoms with van der Waals surface area (Å²) in [6, 6.07) is 3.76. The highest BCUT2D eigenvalue weighted by molar-refractivity contribution is 5.95. The second-order valence-electron chi connectivity index (χ2n) is 5.91. The molecule has 0 unspecified atom stereocenters. The second-order valence-corrected chi connectivity index (χ2v) is 5.91. The highest BCUT2D eigenvalue weighted by Gasteiger charge is 2.12. The van der Waals surface area contributed by atoms with Crippen molar-refractivity contribution >= 4 is 11.7 Å². The average Bonchev–Trinajstić information content (AvgIpc) is 2.32. The molecule has 1 heterocycles. The summed E-state index contributed by atoms with van der Waals surface area (Å²) >= 11 is 0. The van der Waals surface area contributed by atoms with Crippen molar-refractivity contribution in [3.05, 3.63) is 23.4 Å². The summed E-state index contributed by atoms with van der Waals surface area (Å²) in [7, 11) is 4.14. The molecule has 0 spiro atoms. The maximum atomic E-state index is 7.60. The van der Waals surface area contributed by atoms with Crippen molar-refractivity contribution in [3.8, 4) is 0 Å². The van der Waals surface area contributed by atoms with Crippen LogP contribution >= 0.6 is 0 Å². The van der Waals surface area contributed by atoms with E-state index < -0.39 is 0 Å². The van der Waals surface area contributed by atoms with Gasteiger partial charge in [-0.25, -0.2) is 4.98 Å². The summed E-state index contributed by atoms with van der Waals surface area (Å²) in [5.74, 6) is 1.56. The third kappa shape index (κ3) is 5.17. The molecule has 5 nitrogen and oxygen atoms in total. The molecular weight excluding hydrogens is 250 g/mol. The fourth-order valence-electron chi connectivity index (χ4n) is 2.03. The molecule has 0 saturated heterocycles. The molecule has 5 heteroatoms. The third-order valence-electron chi connectivity index (χ3n) is 2.98. The number of nitrogens with two attached hydrogens (primary N) is 1. The van der Waals surface area contributed by atoms with Crippen LogP contribution in [0.15, 0.2) is 12.1 Å². The predicted octanol–water partition coefficient (Wildman–Crippen LogP) is 1.70. The topological polar surface area (TPSA) is 69.2 Å². The zero-order valence-corrected chi connectivity index (χ0v) is 13.3. The van der Waals surface area contributed by atoms with Crippen LogP contribution in [-0.4, -0.2) is 49.4 Å². The van der Waals surface area contributed by atoms with Gasteiger partial charge in [-0.2, -0.15) is 0 Å². The predicted molar refractivity (Wildman–Crippen MR) is 85.6 cm³/mol. The Labute approximate surface area is 122 Å². The maximum absolute atomic E-state index is 7.60. The molecule has 1 rings (SSSR count). The van der Waals surface area contributed by atoms with Gasteiger partial charge in [-0.15, -0.1) is 0 Å². The normalized spacial score (nSPS) is 11.2. The number of hydrogen-bond donors (Lipinski definition) is 2. The molecule has 1 aromatic rings. The van der Waals surface area contributed by atoms with Crippen LogP contribution in [0.5, 0.6) is 0 Å². The van der Waals surface area contributed by atoms with E-state index in [2.05, 4.69) is 42.7 Å². The lowest BCUT2D eigenvalue weighted by Gasteiger charge is -2.27. The Morgan fingerprint density at radius 2 is 1.95 bits per heavy atom. The molecule has 0 atom stereocenters. The molecule has 0 aliphatic carbocycles. The highest BCUT2D eigenvalue weighted by Crippen LogP contribution is 2.16. The molecule has 1 aromatic heterocycles. The number of amidine groups is 1. The van der Waals surface area contributed by atoms with Crippen molar-refractivity contribution in [2.45, 2.75) is 20.8 Å². The second kappa shape index (κ2) is 7.24. The Hall–Kier alpha value is -1.62. The van der Waals surface area contributed by atoms with Crippen LogP contribution in [0, 0.1) is 18.3 Å². The van der Waals surface area contributed by atoms with Crippen LogP contribution in [0.25, 0.3) is 0 Å². The van der Waals surface area contributed by atoms with E-state index in [0.29, 0.717) is 5.92 Å². The first-order valence-electron chi connectivity index (χ1n) is 7.02. The van der Waals surface area contributed by atoms with Crippen LogP contribution in [0.4, 0.5) is 5.82 Å². The molecule has 0 saturated carbocycles. The monoisotopic (exact) mass is 277 g/mol. The fraction of sp³-hybridized carbons (Fsp3) is 0.600. The number of aromatic nitrogens is 1. The number of aryl methyl sites for hydroxylation is 1. The number of hydrogen-bond acceptors (Lipinski definition) is 4. The molecule has 0 bridgehead atoms. The first kappa shape index (κ1) is 16.4. The summed E-state index contributed by atoms with van der Waals surface area (Å²) in [5, 5.41) is 7.60. The fourth-order valence-corrected chi connectivity index (χ4v) is 2.03. The highest BCUT2D eigenvalue weighted by atomic mass is 15.2. The summed E-state index contributed by atoms with van der Waals surface area (Å²) in [5.41, 5.74) is 7.24. The largest absolute Gasteiger partial charge is 0.384 e. The Bertz CT molecular complexity index is 454. The minimum absolute atomic E-state index is 0.0915. The first-order chi connectivity index (χ1) is 9.29. The SMILES string of the molecule is Cc1cc(C(=N)N)cc(N(CCN(C)C)CC(C)C)n1. The molecule has 3 N–H and O–H groups in total. The van der Waals surface area contributed by atoms with Crippen LogP contribution in [0.2, 0.25) is 0 Å². The third-order valence-corrected chi connectivity index (χ3v) is 2.98. The van der Waals surface area contributed by atoms with E-state index in [-0.39, 0.29) is 5.84 Å². The Balaban J connectivity index is 3.02. The van der Waals surface area contributed by atoms with Gasteiger partial charge >= 0.3 is 0 Å². The van der Waals surface area contributed by atoms with Gasteiger partial charge in [0, 0.05) is 30.9 Å². The van der Waals surface area contributed by atoms with Crippen LogP contribution in [-0.2, 0) is 0 Å². The van der Waals surface area contributed by atoms with E-state index in [1.165, 1.54) is 0 Å². The van der Waals surface area contributed by atoms with Gasteiger partial charge in [0.1, 0.15) is 11.7 Å². The molecule has 0 radical (unpaired) electrons. The minimum Gasteiger partial charge on any atom is -0.384 e. The van der Waals surface area contributed by atoms with E-state index in [0.717, 1.165) is 36.7 Å². The van der Waals surface area contributed by atoms with Crippen molar-refractivity contribution < 1.29 is 0 Å². The zero-order chi connectivity index (χ0) is 15.3. The van der Waals surface area contributed by atoms with Crippen molar-refractivity contribution in [2.24, 2.45) is 11.7 Å². The van der Waals surface area contributed by atoms with Crippen molar-refractivity contribution in [3.63, 3.8) is 0 Å². The van der Waals surface area contributed by atoms with Gasteiger partial charge in [0.05, 0.1) is 0 Å². The van der Waals surface area contributed by atoms with E-state index in [1.807, 2.05) is 19.1 Å². The van der Waals surface area contributed by atoms with E-state index in [9.17, 15) is 0 Å². The quantitative estimate of drug-likeness (QED) is 0.588. The van der Waals surface area contributed by atoms with Crippen LogP contribution in [0.3, 0.4) is 0 Å². The van der Waals surface area contributed by atoms with Gasteiger partial charge < -0.3 is 15.5 Å². The molecular formula is C15H27N5. The van der Waals surface area contributed by atoms with Crippen LogP contribution < -0.4 is 10.6 Å². The van der Waals surface area contributed by atoms with Gasteiger partial charge in [0.2, 0.25) is 0 Å². The van der Waals surface area contributed by atoms with Crippen molar-refractivity contribution in [1.82, 2.24) is 9.88 Å². The lowest BCUT2D eigenvalue weighted by Crippen LogP contribution is -2.35. The number of nitrogens with zero attached hydrogens (tertiary/aromatic N) is 3. The molecule has 0 amide bonds. The van der Waals surface area contributed by atoms with Gasteiger partial charge in [-0.1, -0.05) is 13.8 Å². The molecule has 0 aromatic carbocycles. The lowest BCUT2D eigenvalue weighted by molar-refractivity contribution is 0.408. The Morgan fingerprint density at radius 1 is 1.30 bits per heavy atom. The minimum atomic E-state index is 0.0915. The zero-order valence-electron chi connectivity index (χ0n) is 13.3. The number of nitrogen functional groups attached to an aromatic ring is 1. The van der Waals surface area contributed by atoms with E-state index in [1.54, 1.807) is 0 Å². The maximum Gasteiger partial charge on any atom is 0.129 e. The van der Waals surface area contributed by atoms with Crippen LogP contribution in [0.1, 0.15) is 25.1 Å². The standard InChI is InChI=1S/C15H27N5/c1-11(2)10-20(7-6-19(4)5)14-9-13(15(16)17)8-12(3)18-14/h8-9,11H,6-7,10H2,1-5H3,(H3,16,17). The van der Waals surface area contributed by atoms with Crippen molar-refractivity contribution in [1.29, 1.82) is 5.41 Å². The molecule has 20 heavy (non-hydrogen) atoms. The first-order valence-corrected chi connectivity index (χ1v) is 7.02. The summed E-state index contributed by atoms with van der Waals surface area (Å²) in [4.78, 5) is 9.03. The Morgan fingerprint density at radius 3 is 2.45 bits per heavy atom. The van der Waals surface area contributed by atoms with Gasteiger partial charge in [-0.05, 0) is 39.1 Å². The van der Waals surface area contributed by atoms with Gasteiger partial charge in [0.15, 0.2) is 0 Å². The number of anilines is 1. The molecule has 0 aliphatic rings. The summed E-state index contributed by atoms with van der Waals surface area (Å²) < 4.78 is 0. The molecule has 0 fully saturated rings. The number of pyridine rings is 1. The number of rotatable bonds is 7. The van der Waals surface area contributed by atoms with E-state index >= 15 is 0 Å². The summed E-state index contributed by atoms with van der Waals surface area (Å²) in [6.07, 6.45) is 0. The smallest absolute Gasteiger partial charge is 0.129 e. The van der Waals surface area contributed by atoms with E-state index in [4.69, 9.17) is 11.1 Å². The molecule has 0 aliphatic heterocycles. The Kier molecular flexibility index (Phi) is 5.95. The van der Waals surface area contributed by atoms with Gasteiger partial charge in [-0.3, -0.25) is 5.41 Å². The number of likely N-dealkylation sites (N-methyl/N-ethyl adjacent to an activating group) is 1. The lowest BCUT2D eigenvalue weighted by atomic mass is 10.1.